The van der Waals surface area contributed by atoms with Crippen molar-refractivity contribution in [1.82, 2.24) is 15.1 Å². The van der Waals surface area contributed by atoms with E-state index >= 15 is 0 Å². The van der Waals surface area contributed by atoms with Gasteiger partial charge in [-0.3, -0.25) is 14.6 Å². The van der Waals surface area contributed by atoms with Crippen molar-refractivity contribution in [2.75, 3.05) is 52.4 Å². The molecule has 1 aliphatic heterocycles. The molecular formula is C20H33N3O3. The highest BCUT2D eigenvalue weighted by molar-refractivity contribution is 5.91. The van der Waals surface area contributed by atoms with Crippen molar-refractivity contribution >= 4 is 5.91 Å². The van der Waals surface area contributed by atoms with E-state index in [1.54, 1.807) is 12.1 Å². The summed E-state index contributed by atoms with van der Waals surface area (Å²) in [6, 6.07) is 3.41. The van der Waals surface area contributed by atoms with Crippen LogP contribution in [0.25, 0.3) is 0 Å². The second-order valence-electron chi connectivity index (χ2n) is 7.59. The van der Waals surface area contributed by atoms with E-state index in [2.05, 4.69) is 22.0 Å². The van der Waals surface area contributed by atoms with Gasteiger partial charge < -0.3 is 14.5 Å². The fourth-order valence-corrected chi connectivity index (χ4v) is 3.92. The summed E-state index contributed by atoms with van der Waals surface area (Å²) in [5, 5.41) is 2.91. The molecule has 1 saturated heterocycles. The minimum atomic E-state index is -0.136. The molecule has 1 aliphatic carbocycles. The Kier molecular flexibility index (Phi) is 7.53. The van der Waals surface area contributed by atoms with E-state index in [4.69, 9.17) is 9.15 Å². The Hall–Kier alpha value is -1.37. The zero-order valence-corrected chi connectivity index (χ0v) is 16.0. The molecule has 2 heterocycles. The van der Waals surface area contributed by atoms with Crippen molar-refractivity contribution in [3.63, 3.8) is 0 Å². The fraction of sp³-hybridized carbons (Fsp3) is 0.750. The summed E-state index contributed by atoms with van der Waals surface area (Å²) in [6.07, 6.45) is 7.24. The van der Waals surface area contributed by atoms with Crippen molar-refractivity contribution < 1.29 is 13.9 Å². The van der Waals surface area contributed by atoms with Crippen LogP contribution in [0, 0.1) is 5.92 Å². The number of ether oxygens (including phenoxy) is 1. The number of piperazine rings is 1. The third-order valence-electron chi connectivity index (χ3n) is 5.70. The van der Waals surface area contributed by atoms with Crippen molar-refractivity contribution in [3.05, 3.63) is 24.2 Å². The number of amides is 1. The molecule has 0 aromatic carbocycles. The summed E-state index contributed by atoms with van der Waals surface area (Å²) in [6.45, 7) is 10.0. The molecule has 0 spiro atoms. The zero-order valence-electron chi connectivity index (χ0n) is 16.0. The van der Waals surface area contributed by atoms with Crippen molar-refractivity contribution in [2.24, 2.45) is 5.92 Å². The van der Waals surface area contributed by atoms with Gasteiger partial charge in [-0.1, -0.05) is 19.8 Å². The van der Waals surface area contributed by atoms with Crippen molar-refractivity contribution in [3.8, 4) is 0 Å². The number of carbonyl (C=O) groups is 1. The lowest BCUT2D eigenvalue weighted by atomic mass is 9.88. The summed E-state index contributed by atoms with van der Waals surface area (Å²) < 4.78 is 11.2. The third kappa shape index (κ3) is 5.83. The molecule has 2 aliphatic rings. The quantitative estimate of drug-likeness (QED) is 0.767. The molecule has 26 heavy (non-hydrogen) atoms. The highest BCUT2D eigenvalue weighted by Crippen LogP contribution is 2.26. The molecule has 1 saturated carbocycles. The van der Waals surface area contributed by atoms with Crippen LogP contribution in [0.15, 0.2) is 22.8 Å². The van der Waals surface area contributed by atoms with E-state index in [-0.39, 0.29) is 5.91 Å². The van der Waals surface area contributed by atoms with E-state index in [9.17, 15) is 4.79 Å². The number of rotatable bonds is 8. The zero-order chi connectivity index (χ0) is 18.2. The van der Waals surface area contributed by atoms with E-state index in [1.807, 2.05) is 0 Å². The second-order valence-corrected chi connectivity index (χ2v) is 7.59. The van der Waals surface area contributed by atoms with Crippen LogP contribution in [0.5, 0.6) is 0 Å². The molecule has 0 bridgehead atoms. The SMILES string of the molecule is C[C@@H]1CCCC[C@H]1OCCN1CCN(CCNC(=O)c2ccco2)CC1. The Balaban J connectivity index is 1.24. The number of nitrogens with zero attached hydrogens (tertiary/aromatic N) is 2. The first-order valence-electron chi connectivity index (χ1n) is 10.1. The molecule has 1 aromatic rings. The fourth-order valence-electron chi connectivity index (χ4n) is 3.92. The highest BCUT2D eigenvalue weighted by atomic mass is 16.5. The molecule has 6 heteroatoms. The summed E-state index contributed by atoms with van der Waals surface area (Å²) in [5.74, 6) is 0.960. The van der Waals surface area contributed by atoms with Crippen LogP contribution in [0.2, 0.25) is 0 Å². The van der Waals surface area contributed by atoms with Gasteiger partial charge >= 0.3 is 0 Å². The molecule has 2 fully saturated rings. The molecule has 0 unspecified atom stereocenters. The van der Waals surface area contributed by atoms with Crippen LogP contribution in [-0.4, -0.2) is 74.2 Å². The van der Waals surface area contributed by atoms with Gasteiger partial charge in [0.2, 0.25) is 0 Å². The van der Waals surface area contributed by atoms with Gasteiger partial charge in [0.25, 0.3) is 5.91 Å². The molecule has 3 rings (SSSR count). The van der Waals surface area contributed by atoms with Crippen LogP contribution >= 0.6 is 0 Å². The third-order valence-corrected chi connectivity index (χ3v) is 5.70. The van der Waals surface area contributed by atoms with Crippen molar-refractivity contribution in [2.45, 2.75) is 38.7 Å². The lowest BCUT2D eigenvalue weighted by Crippen LogP contribution is -2.49. The number of hydrogen-bond donors (Lipinski definition) is 1. The van der Waals surface area contributed by atoms with Crippen molar-refractivity contribution in [1.29, 1.82) is 0 Å². The average Bonchev–Trinajstić information content (AvgIpc) is 3.19. The van der Waals surface area contributed by atoms with Crippen LogP contribution in [0.4, 0.5) is 0 Å². The number of carbonyl (C=O) groups excluding carboxylic acids is 1. The normalized spacial score (nSPS) is 25.3. The first-order chi connectivity index (χ1) is 12.7. The molecule has 1 aromatic heterocycles. The standard InChI is InChI=1S/C20H33N3O3/c1-17-5-2-3-6-18(17)26-16-14-23-12-10-22(11-13-23)9-8-21-20(24)19-7-4-15-25-19/h4,7,15,17-18H,2-3,5-6,8-14,16H2,1H3,(H,21,24)/t17-,18-/m1/s1. The maximum absolute atomic E-state index is 11.8. The molecule has 1 amide bonds. The number of nitrogens with one attached hydrogen (secondary N) is 1. The molecule has 6 nitrogen and oxygen atoms in total. The molecular weight excluding hydrogens is 330 g/mol. The minimum absolute atomic E-state index is 0.136. The first kappa shape index (κ1) is 19.4. The Morgan fingerprint density at radius 1 is 1.19 bits per heavy atom. The summed E-state index contributed by atoms with van der Waals surface area (Å²) in [4.78, 5) is 16.7. The van der Waals surface area contributed by atoms with Gasteiger partial charge in [-0.05, 0) is 30.9 Å². The Morgan fingerprint density at radius 3 is 2.62 bits per heavy atom. The van der Waals surface area contributed by atoms with E-state index in [0.29, 0.717) is 18.4 Å². The predicted octanol–water partition coefficient (Wildman–Crippen LogP) is 2.22. The Bertz CT molecular complexity index is 526. The predicted molar refractivity (Wildman–Crippen MR) is 101 cm³/mol. The average molecular weight is 364 g/mol. The maximum atomic E-state index is 11.8. The van der Waals surface area contributed by atoms with Crippen LogP contribution in [0.1, 0.15) is 43.2 Å². The molecule has 0 radical (unpaired) electrons. The Morgan fingerprint density at radius 2 is 1.92 bits per heavy atom. The Labute approximate surface area is 156 Å². The lowest BCUT2D eigenvalue weighted by molar-refractivity contribution is -0.0179. The first-order valence-corrected chi connectivity index (χ1v) is 10.1. The number of hydrogen-bond acceptors (Lipinski definition) is 5. The lowest BCUT2D eigenvalue weighted by Gasteiger charge is -2.35. The van der Waals surface area contributed by atoms with Crippen LogP contribution in [-0.2, 0) is 4.74 Å². The highest BCUT2D eigenvalue weighted by Gasteiger charge is 2.22. The molecule has 1 N–H and O–H groups in total. The van der Waals surface area contributed by atoms with Gasteiger partial charge in [0.1, 0.15) is 0 Å². The number of furan rings is 1. The molecule has 2 atom stereocenters. The minimum Gasteiger partial charge on any atom is -0.459 e. The topological polar surface area (TPSA) is 58.0 Å². The van der Waals surface area contributed by atoms with Gasteiger partial charge in [-0.2, -0.15) is 0 Å². The summed E-state index contributed by atoms with van der Waals surface area (Å²) >= 11 is 0. The van der Waals surface area contributed by atoms with Crippen LogP contribution < -0.4 is 5.32 Å². The summed E-state index contributed by atoms with van der Waals surface area (Å²) in [7, 11) is 0. The van der Waals surface area contributed by atoms with E-state index in [1.165, 1.54) is 31.9 Å². The van der Waals surface area contributed by atoms with Gasteiger partial charge in [0, 0.05) is 45.8 Å². The summed E-state index contributed by atoms with van der Waals surface area (Å²) in [5.41, 5.74) is 0. The van der Waals surface area contributed by atoms with Crippen LogP contribution in [0.3, 0.4) is 0 Å². The monoisotopic (exact) mass is 363 g/mol. The second kappa shape index (κ2) is 10.1. The largest absolute Gasteiger partial charge is 0.459 e. The molecule has 146 valence electrons. The van der Waals surface area contributed by atoms with E-state index < -0.39 is 0 Å². The van der Waals surface area contributed by atoms with Gasteiger partial charge in [-0.25, -0.2) is 0 Å². The van der Waals surface area contributed by atoms with E-state index in [0.717, 1.165) is 51.8 Å². The van der Waals surface area contributed by atoms with Gasteiger partial charge in [-0.15, -0.1) is 0 Å². The maximum Gasteiger partial charge on any atom is 0.287 e. The van der Waals surface area contributed by atoms with Gasteiger partial charge in [0.05, 0.1) is 19.0 Å². The smallest absolute Gasteiger partial charge is 0.287 e. The van der Waals surface area contributed by atoms with Gasteiger partial charge in [0.15, 0.2) is 5.76 Å².